The molecule has 0 saturated heterocycles. The second-order valence-electron chi connectivity index (χ2n) is 8.34. The number of hydrogen-bond donors (Lipinski definition) is 3. The number of alkyl halides is 3. The molecule has 198 valence electrons. The lowest BCUT2D eigenvalue weighted by atomic mass is 10.1. The van der Waals surface area contributed by atoms with E-state index < -0.39 is 28.2 Å². The number of rotatable bonds is 10. The van der Waals surface area contributed by atoms with Gasteiger partial charge in [-0.3, -0.25) is 9.10 Å². The Kier molecular flexibility index (Phi) is 8.26. The van der Waals surface area contributed by atoms with Gasteiger partial charge in [-0.05, 0) is 42.3 Å². The third-order valence-electron chi connectivity index (χ3n) is 5.42. The van der Waals surface area contributed by atoms with Gasteiger partial charge in [0.2, 0.25) is 21.9 Å². The van der Waals surface area contributed by atoms with Gasteiger partial charge < -0.3 is 16.0 Å². The number of aromatic nitrogens is 2. The minimum Gasteiger partial charge on any atom is -0.365 e. The normalized spacial score (nSPS) is 11.6. The van der Waals surface area contributed by atoms with Crippen molar-refractivity contribution in [1.82, 2.24) is 9.97 Å². The number of anilines is 5. The first-order chi connectivity index (χ1) is 17.3. The molecule has 0 aliphatic heterocycles. The Bertz CT molecular complexity index is 1400. The van der Waals surface area contributed by atoms with Crippen molar-refractivity contribution in [2.24, 2.45) is 0 Å². The van der Waals surface area contributed by atoms with Crippen LogP contribution in [0.3, 0.4) is 0 Å². The molecule has 2 aromatic carbocycles. The third-order valence-corrected chi connectivity index (χ3v) is 6.61. The van der Waals surface area contributed by atoms with Gasteiger partial charge in [0, 0.05) is 38.1 Å². The maximum absolute atomic E-state index is 14.4. The zero-order chi connectivity index (χ0) is 27.4. The lowest BCUT2D eigenvalue weighted by Gasteiger charge is -2.22. The topological polar surface area (TPSA) is 116 Å². The average Bonchev–Trinajstić information content (AvgIpc) is 2.83. The van der Waals surface area contributed by atoms with Gasteiger partial charge in [0.05, 0.1) is 17.5 Å². The Hall–Kier alpha value is -3.87. The quantitative estimate of drug-likeness (QED) is 0.348. The molecule has 1 amide bonds. The maximum Gasteiger partial charge on any atom is 0.306 e. The summed E-state index contributed by atoms with van der Waals surface area (Å²) in [5.74, 6) is -4.42. The highest BCUT2D eigenvalue weighted by molar-refractivity contribution is 7.92. The fourth-order valence-corrected chi connectivity index (χ4v) is 3.98. The van der Waals surface area contributed by atoms with Crippen LogP contribution >= 0.6 is 0 Å². The maximum atomic E-state index is 14.4. The number of nitrogens with zero attached hydrogens (tertiary/aromatic N) is 3. The first-order valence-electron chi connectivity index (χ1n) is 11.0. The van der Waals surface area contributed by atoms with Crippen molar-refractivity contribution in [3.8, 4) is 0 Å². The second kappa shape index (κ2) is 11.0. The van der Waals surface area contributed by atoms with E-state index in [0.717, 1.165) is 22.3 Å². The number of amides is 1. The van der Waals surface area contributed by atoms with Crippen LogP contribution in [0.2, 0.25) is 0 Å². The van der Waals surface area contributed by atoms with Crippen molar-refractivity contribution in [3.63, 3.8) is 0 Å². The van der Waals surface area contributed by atoms with E-state index >= 15 is 0 Å². The number of hydrogen-bond acceptors (Lipinski definition) is 7. The van der Waals surface area contributed by atoms with E-state index in [2.05, 4.69) is 25.9 Å². The standard InChI is InChI=1S/C24H27F3N6O3S/c1-15-11-18(9-10-20(15)30-16(2)34)31-23-29-13-19(24(26,27)14-25)22(32-23)28-12-17-7-5-6-8-21(17)33(3)37(4,35)36/h5-11,13H,12,14H2,1-4H3,(H,30,34)(H2,28,29,31,32). The Morgan fingerprint density at radius 1 is 1.16 bits per heavy atom. The summed E-state index contributed by atoms with van der Waals surface area (Å²) in [7, 11) is -2.20. The van der Waals surface area contributed by atoms with Crippen LogP contribution in [0.1, 0.15) is 23.6 Å². The molecule has 0 aliphatic rings. The number of halogens is 3. The van der Waals surface area contributed by atoms with Gasteiger partial charge in [0.15, 0.2) is 6.67 Å². The summed E-state index contributed by atoms with van der Waals surface area (Å²) in [5, 5.41) is 8.38. The number of aryl methyl sites for hydroxylation is 1. The molecule has 1 aromatic heterocycles. The second-order valence-corrected chi connectivity index (χ2v) is 10.4. The molecule has 0 atom stereocenters. The van der Waals surface area contributed by atoms with E-state index in [0.29, 0.717) is 22.6 Å². The van der Waals surface area contributed by atoms with E-state index in [1.807, 2.05) is 0 Å². The van der Waals surface area contributed by atoms with Crippen molar-refractivity contribution in [3.05, 3.63) is 65.4 Å². The number of sulfonamides is 1. The van der Waals surface area contributed by atoms with Crippen LogP contribution < -0.4 is 20.3 Å². The molecule has 0 unspecified atom stereocenters. The molecule has 0 saturated carbocycles. The molecule has 0 aliphatic carbocycles. The zero-order valence-corrected chi connectivity index (χ0v) is 21.5. The van der Waals surface area contributed by atoms with Crippen molar-refractivity contribution in [1.29, 1.82) is 0 Å². The van der Waals surface area contributed by atoms with E-state index in [1.165, 1.54) is 14.0 Å². The molecule has 9 nitrogen and oxygen atoms in total. The average molecular weight is 537 g/mol. The van der Waals surface area contributed by atoms with Gasteiger partial charge in [0.1, 0.15) is 5.82 Å². The largest absolute Gasteiger partial charge is 0.365 e. The van der Waals surface area contributed by atoms with Gasteiger partial charge in [-0.1, -0.05) is 18.2 Å². The van der Waals surface area contributed by atoms with E-state index in [9.17, 15) is 26.4 Å². The third kappa shape index (κ3) is 6.88. The first kappa shape index (κ1) is 27.7. The molecular weight excluding hydrogens is 509 g/mol. The van der Waals surface area contributed by atoms with Crippen molar-refractivity contribution >= 4 is 44.8 Å². The fraction of sp³-hybridized carbons (Fsp3) is 0.292. The van der Waals surface area contributed by atoms with E-state index in [1.54, 1.807) is 49.4 Å². The van der Waals surface area contributed by atoms with Crippen molar-refractivity contribution in [2.45, 2.75) is 26.3 Å². The van der Waals surface area contributed by atoms with Crippen LogP contribution in [-0.2, 0) is 27.3 Å². The van der Waals surface area contributed by atoms with Gasteiger partial charge in [-0.15, -0.1) is 0 Å². The number of nitrogens with one attached hydrogen (secondary N) is 3. The van der Waals surface area contributed by atoms with Crippen LogP contribution in [-0.4, -0.2) is 44.3 Å². The van der Waals surface area contributed by atoms with Crippen LogP contribution in [0.25, 0.3) is 0 Å². The number of para-hydroxylation sites is 1. The van der Waals surface area contributed by atoms with Gasteiger partial charge in [-0.2, -0.15) is 13.8 Å². The summed E-state index contributed by atoms with van der Waals surface area (Å²) in [6.07, 6.45) is 1.88. The summed E-state index contributed by atoms with van der Waals surface area (Å²) < 4.78 is 67.0. The fourth-order valence-electron chi connectivity index (χ4n) is 3.44. The lowest BCUT2D eigenvalue weighted by Crippen LogP contribution is -2.26. The zero-order valence-electron chi connectivity index (χ0n) is 20.6. The predicted molar refractivity (Wildman–Crippen MR) is 138 cm³/mol. The molecule has 0 fully saturated rings. The lowest BCUT2D eigenvalue weighted by molar-refractivity contribution is -0.114. The summed E-state index contributed by atoms with van der Waals surface area (Å²) in [6, 6.07) is 11.6. The monoisotopic (exact) mass is 536 g/mol. The molecule has 0 spiro atoms. The molecule has 37 heavy (non-hydrogen) atoms. The Balaban J connectivity index is 1.92. The van der Waals surface area contributed by atoms with Crippen molar-refractivity contribution in [2.75, 3.05) is 40.2 Å². The van der Waals surface area contributed by atoms with E-state index in [4.69, 9.17) is 0 Å². The van der Waals surface area contributed by atoms with Crippen molar-refractivity contribution < 1.29 is 26.4 Å². The number of benzene rings is 2. The Morgan fingerprint density at radius 3 is 2.49 bits per heavy atom. The molecule has 13 heteroatoms. The molecule has 3 aromatic rings. The molecule has 0 bridgehead atoms. The van der Waals surface area contributed by atoms with Crippen LogP contribution in [0.15, 0.2) is 48.7 Å². The van der Waals surface area contributed by atoms with Crippen LogP contribution in [0, 0.1) is 6.92 Å². The minimum atomic E-state index is -3.85. The molecule has 3 N–H and O–H groups in total. The van der Waals surface area contributed by atoms with Gasteiger partial charge in [0.25, 0.3) is 0 Å². The number of carbonyl (C=O) groups excluding carboxylic acids is 1. The summed E-state index contributed by atoms with van der Waals surface area (Å²) >= 11 is 0. The number of carbonyl (C=O) groups is 1. The Morgan fingerprint density at radius 2 is 1.86 bits per heavy atom. The highest BCUT2D eigenvalue weighted by Gasteiger charge is 2.36. The minimum absolute atomic E-state index is 0.0332. The molecule has 3 rings (SSSR count). The van der Waals surface area contributed by atoms with E-state index in [-0.39, 0.29) is 24.2 Å². The van der Waals surface area contributed by atoms with Crippen LogP contribution in [0.4, 0.5) is 42.0 Å². The highest BCUT2D eigenvalue weighted by atomic mass is 32.2. The van der Waals surface area contributed by atoms with Crippen LogP contribution in [0.5, 0.6) is 0 Å². The smallest absolute Gasteiger partial charge is 0.306 e. The summed E-state index contributed by atoms with van der Waals surface area (Å²) in [5.41, 5.74) is 1.97. The Labute approximate surface area is 213 Å². The highest BCUT2D eigenvalue weighted by Crippen LogP contribution is 2.34. The first-order valence-corrected chi connectivity index (χ1v) is 12.9. The predicted octanol–water partition coefficient (Wildman–Crippen LogP) is 4.56. The summed E-state index contributed by atoms with van der Waals surface area (Å²) in [4.78, 5) is 19.4. The molecule has 1 heterocycles. The van der Waals surface area contributed by atoms with Gasteiger partial charge in [-0.25, -0.2) is 17.8 Å². The van der Waals surface area contributed by atoms with Gasteiger partial charge >= 0.3 is 5.92 Å². The summed E-state index contributed by atoms with van der Waals surface area (Å²) in [6.45, 7) is 1.14. The SMILES string of the molecule is CC(=O)Nc1ccc(Nc2ncc(C(F)(F)CF)c(NCc3ccccc3N(C)S(C)(=O)=O)n2)cc1C. The molecular formula is C24H27F3N6O3S. The molecule has 0 radical (unpaired) electrons.